The van der Waals surface area contributed by atoms with Crippen LogP contribution in [0.1, 0.15) is 48.5 Å². The fourth-order valence-electron chi connectivity index (χ4n) is 5.76. The van der Waals surface area contributed by atoms with Crippen molar-refractivity contribution in [3.05, 3.63) is 93.6 Å². The lowest BCUT2D eigenvalue weighted by atomic mass is 9.81. The van der Waals surface area contributed by atoms with Gasteiger partial charge in [-0.25, -0.2) is 4.98 Å². The van der Waals surface area contributed by atoms with Gasteiger partial charge in [0, 0.05) is 35.2 Å². The molecule has 0 amide bonds. The van der Waals surface area contributed by atoms with Crippen LogP contribution >= 0.6 is 23.2 Å². The number of nitrogens with zero attached hydrogens (tertiary/aromatic N) is 2. The van der Waals surface area contributed by atoms with E-state index in [9.17, 15) is 5.11 Å². The van der Waals surface area contributed by atoms with Crippen LogP contribution in [-0.4, -0.2) is 40.2 Å². The largest absolute Gasteiger partial charge is 0.383 e. The van der Waals surface area contributed by atoms with Gasteiger partial charge < -0.3 is 16.2 Å². The molecule has 2 saturated heterocycles. The maximum atomic E-state index is 11.8. The number of aliphatic hydroxyl groups is 1. The van der Waals surface area contributed by atoms with E-state index in [-0.39, 0.29) is 18.1 Å². The standard InChI is InChI=1S/C27H30Cl2N4O/c28-22-8-3-1-6-20(22)26(21-7-2-4-9-23(21)29)33-18-12-13-19(33)17-27(34,16-18)24-10-5-11-25(32-24)31-15-14-30/h1-11,18-19,26,34H,12-17,30H2,(H,31,32). The number of hydrogen-bond donors (Lipinski definition) is 3. The van der Waals surface area contributed by atoms with Gasteiger partial charge >= 0.3 is 0 Å². The zero-order valence-corrected chi connectivity index (χ0v) is 20.5. The molecule has 4 N–H and O–H groups in total. The van der Waals surface area contributed by atoms with Crippen molar-refractivity contribution >= 4 is 29.0 Å². The van der Waals surface area contributed by atoms with E-state index in [0.29, 0.717) is 25.9 Å². The van der Waals surface area contributed by atoms with Crippen LogP contribution in [0.3, 0.4) is 0 Å². The van der Waals surface area contributed by atoms with Crippen molar-refractivity contribution in [2.45, 2.75) is 49.4 Å². The quantitative estimate of drug-likeness (QED) is 0.410. The molecular weight excluding hydrogens is 467 g/mol. The summed E-state index contributed by atoms with van der Waals surface area (Å²) < 4.78 is 0. The highest BCUT2D eigenvalue weighted by molar-refractivity contribution is 6.32. The average Bonchev–Trinajstić information content (AvgIpc) is 3.11. The van der Waals surface area contributed by atoms with Gasteiger partial charge in [-0.15, -0.1) is 0 Å². The Kier molecular flexibility index (Phi) is 6.83. The van der Waals surface area contributed by atoms with Gasteiger partial charge in [0.15, 0.2) is 0 Å². The number of aromatic nitrogens is 1. The molecule has 0 saturated carbocycles. The van der Waals surface area contributed by atoms with Crippen LogP contribution in [0.5, 0.6) is 0 Å². The first-order valence-corrected chi connectivity index (χ1v) is 12.7. The number of nitrogens with two attached hydrogens (primary N) is 1. The molecule has 5 nitrogen and oxygen atoms in total. The zero-order chi connectivity index (χ0) is 23.7. The molecule has 7 heteroatoms. The molecule has 0 radical (unpaired) electrons. The summed E-state index contributed by atoms with van der Waals surface area (Å²) in [7, 11) is 0. The highest BCUT2D eigenvalue weighted by Crippen LogP contribution is 2.51. The van der Waals surface area contributed by atoms with Crippen LogP contribution in [0, 0.1) is 0 Å². The Labute approximate surface area is 210 Å². The van der Waals surface area contributed by atoms with Crippen LogP contribution in [0.4, 0.5) is 5.82 Å². The molecule has 0 spiro atoms. The average molecular weight is 497 g/mol. The van der Waals surface area contributed by atoms with Crippen LogP contribution in [0.15, 0.2) is 66.7 Å². The van der Waals surface area contributed by atoms with Crippen molar-refractivity contribution in [2.75, 3.05) is 18.4 Å². The predicted molar refractivity (Wildman–Crippen MR) is 138 cm³/mol. The van der Waals surface area contributed by atoms with Gasteiger partial charge in [0.2, 0.25) is 0 Å². The number of rotatable bonds is 7. The topological polar surface area (TPSA) is 74.4 Å². The zero-order valence-electron chi connectivity index (χ0n) is 19.0. The van der Waals surface area contributed by atoms with Crippen LogP contribution < -0.4 is 11.1 Å². The first-order valence-electron chi connectivity index (χ1n) is 11.9. The van der Waals surface area contributed by atoms with E-state index >= 15 is 0 Å². The van der Waals surface area contributed by atoms with E-state index in [1.807, 2.05) is 54.6 Å². The van der Waals surface area contributed by atoms with Gasteiger partial charge in [0.25, 0.3) is 0 Å². The van der Waals surface area contributed by atoms with E-state index in [0.717, 1.165) is 45.5 Å². The highest BCUT2D eigenvalue weighted by Gasteiger charge is 2.51. The van der Waals surface area contributed by atoms with Gasteiger partial charge in [-0.3, -0.25) is 4.90 Å². The van der Waals surface area contributed by atoms with Crippen molar-refractivity contribution in [1.29, 1.82) is 0 Å². The third kappa shape index (κ3) is 4.43. The summed E-state index contributed by atoms with van der Waals surface area (Å²) in [5.74, 6) is 0.746. The summed E-state index contributed by atoms with van der Waals surface area (Å²) in [5.41, 5.74) is 7.46. The number of halogens is 2. The summed E-state index contributed by atoms with van der Waals surface area (Å²) >= 11 is 13.4. The summed E-state index contributed by atoms with van der Waals surface area (Å²) in [6, 6.07) is 22.1. The van der Waals surface area contributed by atoms with Crippen molar-refractivity contribution in [1.82, 2.24) is 9.88 Å². The van der Waals surface area contributed by atoms with Crippen molar-refractivity contribution < 1.29 is 5.11 Å². The molecule has 178 valence electrons. The van der Waals surface area contributed by atoms with Crippen LogP contribution in [0.25, 0.3) is 0 Å². The maximum absolute atomic E-state index is 11.8. The minimum Gasteiger partial charge on any atom is -0.383 e. The van der Waals surface area contributed by atoms with Gasteiger partial charge in [-0.05, 0) is 61.1 Å². The Hall–Kier alpha value is -2.15. The Balaban J connectivity index is 1.50. The molecule has 2 fully saturated rings. The van der Waals surface area contributed by atoms with Crippen molar-refractivity contribution in [2.24, 2.45) is 5.73 Å². The van der Waals surface area contributed by atoms with E-state index < -0.39 is 5.60 Å². The van der Waals surface area contributed by atoms with E-state index in [1.54, 1.807) is 0 Å². The number of anilines is 1. The first kappa shape index (κ1) is 23.6. The third-order valence-corrected chi connectivity index (χ3v) is 7.89. The lowest BCUT2D eigenvalue weighted by Gasteiger charge is -2.47. The van der Waals surface area contributed by atoms with Crippen molar-refractivity contribution in [3.63, 3.8) is 0 Å². The second-order valence-electron chi connectivity index (χ2n) is 9.34. The fraction of sp³-hybridized carbons (Fsp3) is 0.370. The minimum absolute atomic E-state index is 0.0741. The molecule has 0 aliphatic carbocycles. The summed E-state index contributed by atoms with van der Waals surface area (Å²) in [5, 5.41) is 16.5. The third-order valence-electron chi connectivity index (χ3n) is 7.20. The highest BCUT2D eigenvalue weighted by atomic mass is 35.5. The lowest BCUT2D eigenvalue weighted by molar-refractivity contribution is -0.0683. The Morgan fingerprint density at radius 1 is 0.941 bits per heavy atom. The van der Waals surface area contributed by atoms with E-state index in [2.05, 4.69) is 22.3 Å². The number of fused-ring (bicyclic) bond motifs is 2. The predicted octanol–water partition coefficient (Wildman–Crippen LogP) is 5.36. The molecule has 5 rings (SSSR count). The summed E-state index contributed by atoms with van der Waals surface area (Å²) in [4.78, 5) is 7.27. The lowest BCUT2D eigenvalue weighted by Crippen LogP contribution is -2.51. The number of benzene rings is 2. The molecule has 2 atom stereocenters. The molecule has 2 bridgehead atoms. The van der Waals surface area contributed by atoms with Gasteiger partial charge in [0.1, 0.15) is 11.4 Å². The number of piperidine rings is 1. The Bertz CT molecular complexity index is 1100. The smallest absolute Gasteiger partial charge is 0.126 e. The monoisotopic (exact) mass is 496 g/mol. The van der Waals surface area contributed by atoms with Crippen molar-refractivity contribution in [3.8, 4) is 0 Å². The normalized spacial score (nSPS) is 24.5. The molecule has 3 aromatic rings. The Morgan fingerprint density at radius 2 is 1.53 bits per heavy atom. The molecule has 3 heterocycles. The first-order chi connectivity index (χ1) is 16.5. The molecular formula is C27H30Cl2N4O. The molecule has 2 aliphatic rings. The SMILES string of the molecule is NCCNc1cccc(C2(O)CC3CCC(C2)N3C(c2ccccc2Cl)c2ccccc2Cl)n1. The fourth-order valence-corrected chi connectivity index (χ4v) is 6.24. The van der Waals surface area contributed by atoms with E-state index in [4.69, 9.17) is 33.9 Å². The Morgan fingerprint density at radius 3 is 2.09 bits per heavy atom. The minimum atomic E-state index is -0.978. The second kappa shape index (κ2) is 9.84. The van der Waals surface area contributed by atoms with Crippen LogP contribution in [0.2, 0.25) is 10.0 Å². The van der Waals surface area contributed by atoms with E-state index in [1.165, 1.54) is 0 Å². The van der Waals surface area contributed by atoms with Gasteiger partial charge in [0.05, 0.1) is 11.7 Å². The molecule has 2 unspecified atom stereocenters. The van der Waals surface area contributed by atoms with Crippen LogP contribution in [-0.2, 0) is 5.60 Å². The molecule has 2 aliphatic heterocycles. The van der Waals surface area contributed by atoms with Gasteiger partial charge in [-0.1, -0.05) is 65.7 Å². The molecule has 1 aromatic heterocycles. The number of pyridine rings is 1. The molecule has 34 heavy (non-hydrogen) atoms. The summed E-state index contributed by atoms with van der Waals surface area (Å²) in [6.45, 7) is 1.17. The van der Waals surface area contributed by atoms with Gasteiger partial charge in [-0.2, -0.15) is 0 Å². The number of nitrogens with one attached hydrogen (secondary N) is 1. The summed E-state index contributed by atoms with van der Waals surface area (Å²) in [6.07, 6.45) is 3.26. The molecule has 2 aromatic carbocycles. The second-order valence-corrected chi connectivity index (χ2v) is 10.2. The maximum Gasteiger partial charge on any atom is 0.126 e. The number of hydrogen-bond acceptors (Lipinski definition) is 5.